The first kappa shape index (κ1) is 20.0. The van der Waals surface area contributed by atoms with Gasteiger partial charge in [0.1, 0.15) is 0 Å². The number of hydrogen-bond donors (Lipinski definition) is 3. The van der Waals surface area contributed by atoms with Crippen molar-refractivity contribution in [1.82, 2.24) is 14.9 Å². The number of aliphatic hydroxyl groups is 2. The van der Waals surface area contributed by atoms with Crippen molar-refractivity contribution in [3.63, 3.8) is 0 Å². The Bertz CT molecular complexity index is 1070. The molecule has 29 heavy (non-hydrogen) atoms. The van der Waals surface area contributed by atoms with Gasteiger partial charge in [0.15, 0.2) is 0 Å². The normalized spacial score (nSPS) is 20.7. The molecule has 0 aliphatic carbocycles. The largest absolute Gasteiger partial charge is 0.392 e. The Hall–Kier alpha value is -2.25. The summed E-state index contributed by atoms with van der Waals surface area (Å²) in [6, 6.07) is 12.8. The molecular formula is C22H24ClN3O3. The van der Waals surface area contributed by atoms with Crippen molar-refractivity contribution < 1.29 is 10.2 Å². The zero-order valence-electron chi connectivity index (χ0n) is 16.0. The average molecular weight is 414 g/mol. The van der Waals surface area contributed by atoms with Gasteiger partial charge in [0.25, 0.3) is 5.56 Å². The lowest BCUT2D eigenvalue weighted by Crippen LogP contribution is -2.47. The Morgan fingerprint density at radius 1 is 1.24 bits per heavy atom. The number of hydrogen-bond acceptors (Lipinski definition) is 5. The monoisotopic (exact) mass is 413 g/mol. The molecule has 6 nitrogen and oxygen atoms in total. The molecule has 3 N–H and O–H groups in total. The molecule has 0 amide bonds. The molecule has 1 unspecified atom stereocenters. The third kappa shape index (κ3) is 4.51. The van der Waals surface area contributed by atoms with Gasteiger partial charge in [-0.3, -0.25) is 9.36 Å². The molecule has 152 valence electrons. The third-order valence-electron chi connectivity index (χ3n) is 5.46. The molecule has 1 aliphatic heterocycles. The van der Waals surface area contributed by atoms with E-state index in [9.17, 15) is 15.0 Å². The minimum Gasteiger partial charge on any atom is -0.392 e. The standard InChI is InChI=1S/C22H24ClN3O3/c23-16-4-1-3-14(9-16)15-6-7-19-18(10-15)22(29)26(13-25-19)12-17(27)11-20-21(28)5-2-8-24-20/h1,3-4,6-7,9-10,13,17,20-21,24,27-28H,2,5,8,11-12H2/t17?,20-,21+/m1/s1. The number of nitrogens with zero attached hydrogens (tertiary/aromatic N) is 2. The topological polar surface area (TPSA) is 87.4 Å². The Kier molecular flexibility index (Phi) is 5.96. The van der Waals surface area contributed by atoms with E-state index < -0.39 is 12.2 Å². The van der Waals surface area contributed by atoms with Crippen LogP contribution in [-0.2, 0) is 6.54 Å². The molecule has 1 aromatic heterocycles. The Labute approximate surface area is 173 Å². The van der Waals surface area contributed by atoms with E-state index in [0.29, 0.717) is 22.3 Å². The lowest BCUT2D eigenvalue weighted by atomic mass is 9.96. The van der Waals surface area contributed by atoms with Gasteiger partial charge in [-0.15, -0.1) is 0 Å². The summed E-state index contributed by atoms with van der Waals surface area (Å²) in [4.78, 5) is 17.4. The number of fused-ring (bicyclic) bond motifs is 1. The van der Waals surface area contributed by atoms with Crippen LogP contribution in [0, 0.1) is 0 Å². The van der Waals surface area contributed by atoms with Crippen LogP contribution in [0.5, 0.6) is 0 Å². The quantitative estimate of drug-likeness (QED) is 0.598. The van der Waals surface area contributed by atoms with Gasteiger partial charge in [-0.25, -0.2) is 4.98 Å². The summed E-state index contributed by atoms with van der Waals surface area (Å²) in [6.07, 6.45) is 2.29. The van der Waals surface area contributed by atoms with Gasteiger partial charge in [0.05, 0.1) is 36.0 Å². The minimum atomic E-state index is -0.756. The third-order valence-corrected chi connectivity index (χ3v) is 5.70. The molecule has 4 rings (SSSR count). The molecule has 2 aromatic carbocycles. The maximum absolute atomic E-state index is 13.0. The average Bonchev–Trinajstić information content (AvgIpc) is 2.72. The lowest BCUT2D eigenvalue weighted by Gasteiger charge is -2.30. The van der Waals surface area contributed by atoms with Crippen LogP contribution in [0.25, 0.3) is 22.0 Å². The Morgan fingerprint density at radius 3 is 2.86 bits per heavy atom. The molecule has 0 saturated carbocycles. The minimum absolute atomic E-state index is 0.133. The van der Waals surface area contributed by atoms with Gasteiger partial charge >= 0.3 is 0 Å². The van der Waals surface area contributed by atoms with Crippen LogP contribution < -0.4 is 10.9 Å². The van der Waals surface area contributed by atoms with Crippen molar-refractivity contribution >= 4 is 22.5 Å². The summed E-state index contributed by atoms with van der Waals surface area (Å²) >= 11 is 6.09. The van der Waals surface area contributed by atoms with Crippen molar-refractivity contribution in [3.8, 4) is 11.1 Å². The summed E-state index contributed by atoms with van der Waals surface area (Å²) in [5.74, 6) is 0. The maximum Gasteiger partial charge on any atom is 0.261 e. The molecule has 0 bridgehead atoms. The van der Waals surface area contributed by atoms with E-state index in [2.05, 4.69) is 10.3 Å². The second kappa shape index (κ2) is 8.63. The van der Waals surface area contributed by atoms with E-state index in [1.54, 1.807) is 6.07 Å². The van der Waals surface area contributed by atoms with E-state index in [1.165, 1.54) is 10.9 Å². The highest BCUT2D eigenvalue weighted by Crippen LogP contribution is 2.24. The SMILES string of the molecule is O=c1c2cc(-c3cccc(Cl)c3)ccc2ncn1CC(O)C[C@H]1NCCC[C@@H]1O. The van der Waals surface area contributed by atoms with Gasteiger partial charge < -0.3 is 15.5 Å². The molecule has 2 heterocycles. The number of aromatic nitrogens is 2. The van der Waals surface area contributed by atoms with E-state index in [1.807, 2.05) is 36.4 Å². The van der Waals surface area contributed by atoms with E-state index in [0.717, 1.165) is 30.5 Å². The predicted molar refractivity (Wildman–Crippen MR) is 114 cm³/mol. The molecule has 1 saturated heterocycles. The van der Waals surface area contributed by atoms with Gasteiger partial charge in [-0.2, -0.15) is 0 Å². The molecule has 0 radical (unpaired) electrons. The first-order valence-corrected chi connectivity index (χ1v) is 10.2. The van der Waals surface area contributed by atoms with Gasteiger partial charge in [0, 0.05) is 11.1 Å². The smallest absolute Gasteiger partial charge is 0.261 e. The number of aliphatic hydroxyl groups excluding tert-OH is 2. The van der Waals surface area contributed by atoms with Crippen LogP contribution in [0.3, 0.4) is 0 Å². The highest BCUT2D eigenvalue weighted by molar-refractivity contribution is 6.30. The number of piperidine rings is 1. The van der Waals surface area contributed by atoms with Crippen LogP contribution in [0.1, 0.15) is 19.3 Å². The van der Waals surface area contributed by atoms with E-state index >= 15 is 0 Å². The van der Waals surface area contributed by atoms with Crippen LogP contribution in [0.4, 0.5) is 0 Å². The fourth-order valence-electron chi connectivity index (χ4n) is 3.91. The zero-order valence-corrected chi connectivity index (χ0v) is 16.7. The second-order valence-electron chi connectivity index (χ2n) is 7.60. The van der Waals surface area contributed by atoms with Gasteiger partial charge in [-0.05, 0) is 61.2 Å². The van der Waals surface area contributed by atoms with Gasteiger partial charge in [0.2, 0.25) is 0 Å². The van der Waals surface area contributed by atoms with Crippen LogP contribution in [0.15, 0.2) is 53.6 Å². The molecule has 0 spiro atoms. The van der Waals surface area contributed by atoms with Crippen molar-refractivity contribution in [2.24, 2.45) is 0 Å². The van der Waals surface area contributed by atoms with Crippen LogP contribution in [-0.4, -0.2) is 44.6 Å². The summed E-state index contributed by atoms with van der Waals surface area (Å²) in [5, 5.41) is 24.9. The van der Waals surface area contributed by atoms with E-state index in [4.69, 9.17) is 11.6 Å². The summed E-state index contributed by atoms with van der Waals surface area (Å²) in [7, 11) is 0. The predicted octanol–water partition coefficient (Wildman–Crippen LogP) is 2.58. The molecule has 3 atom stereocenters. The van der Waals surface area contributed by atoms with Crippen molar-refractivity contribution in [3.05, 3.63) is 64.2 Å². The zero-order chi connectivity index (χ0) is 20.4. The lowest BCUT2D eigenvalue weighted by molar-refractivity contribution is 0.0539. The number of benzene rings is 2. The number of nitrogens with one attached hydrogen (secondary N) is 1. The highest BCUT2D eigenvalue weighted by Gasteiger charge is 2.25. The van der Waals surface area contributed by atoms with E-state index in [-0.39, 0.29) is 18.1 Å². The molecule has 1 fully saturated rings. The Morgan fingerprint density at radius 2 is 2.07 bits per heavy atom. The summed E-state index contributed by atoms with van der Waals surface area (Å²) in [5.41, 5.74) is 2.21. The molecule has 1 aliphatic rings. The molecular weight excluding hydrogens is 390 g/mol. The number of rotatable bonds is 5. The second-order valence-corrected chi connectivity index (χ2v) is 8.04. The first-order chi connectivity index (χ1) is 14.0. The molecule has 7 heteroatoms. The van der Waals surface area contributed by atoms with Crippen molar-refractivity contribution in [2.45, 2.75) is 44.1 Å². The highest BCUT2D eigenvalue weighted by atomic mass is 35.5. The molecule has 3 aromatic rings. The van der Waals surface area contributed by atoms with Crippen molar-refractivity contribution in [1.29, 1.82) is 0 Å². The van der Waals surface area contributed by atoms with Gasteiger partial charge in [-0.1, -0.05) is 29.8 Å². The summed E-state index contributed by atoms with van der Waals surface area (Å²) < 4.78 is 1.43. The fourth-order valence-corrected chi connectivity index (χ4v) is 4.10. The maximum atomic E-state index is 13.0. The first-order valence-electron chi connectivity index (χ1n) is 9.86. The summed E-state index contributed by atoms with van der Waals surface area (Å²) in [6.45, 7) is 0.965. The fraction of sp³-hybridized carbons (Fsp3) is 0.364. The Balaban J connectivity index is 1.58. The van der Waals surface area contributed by atoms with Crippen molar-refractivity contribution in [2.75, 3.05) is 6.54 Å². The van der Waals surface area contributed by atoms with Crippen LogP contribution >= 0.6 is 11.6 Å². The van der Waals surface area contributed by atoms with Crippen LogP contribution in [0.2, 0.25) is 5.02 Å². The number of halogens is 1.